The van der Waals surface area contributed by atoms with Crippen LogP contribution in [0.25, 0.3) is 11.4 Å². The number of carbonyl (C=O) groups excluding carboxylic acids is 1. The summed E-state index contributed by atoms with van der Waals surface area (Å²) in [5, 5.41) is 0. The summed E-state index contributed by atoms with van der Waals surface area (Å²) in [6.45, 7) is 2.86. The molecule has 6 heteroatoms. The van der Waals surface area contributed by atoms with Crippen LogP contribution >= 0.6 is 0 Å². The van der Waals surface area contributed by atoms with E-state index in [1.807, 2.05) is 37.3 Å². The normalized spacial score (nSPS) is 16.7. The number of likely N-dealkylation sites (tertiary alicyclic amines) is 1. The van der Waals surface area contributed by atoms with E-state index in [1.165, 1.54) is 11.0 Å². The van der Waals surface area contributed by atoms with Crippen molar-refractivity contribution in [2.75, 3.05) is 13.1 Å². The Balaban J connectivity index is 1.58. The Kier molecular flexibility index (Phi) is 5.34. The number of nitrogens with zero attached hydrogens (tertiary/aromatic N) is 3. The third kappa shape index (κ3) is 4.01. The van der Waals surface area contributed by atoms with Crippen molar-refractivity contribution >= 4 is 5.91 Å². The van der Waals surface area contributed by atoms with Crippen molar-refractivity contribution in [3.8, 4) is 11.4 Å². The summed E-state index contributed by atoms with van der Waals surface area (Å²) in [6, 6.07) is 13.3. The van der Waals surface area contributed by atoms with Crippen LogP contribution in [-0.4, -0.2) is 33.9 Å². The number of benzene rings is 2. The summed E-state index contributed by atoms with van der Waals surface area (Å²) in [7, 11) is 0. The molecule has 0 spiro atoms. The minimum Gasteiger partial charge on any atom is -0.338 e. The van der Waals surface area contributed by atoms with Crippen LogP contribution in [0.1, 0.15) is 40.4 Å². The van der Waals surface area contributed by atoms with Crippen LogP contribution in [0.4, 0.5) is 8.78 Å². The molecular weight excluding hydrogens is 372 g/mol. The standard InChI is InChI=1S/C23H21F2N3O/c1-15-5-2-6-16(13-15)22-26-11-10-20(27-22)17-7-4-12-28(14-17)23(29)21-18(24)8-3-9-19(21)25/h2-3,5-6,8-11,13,17H,4,7,12,14H2,1H3. The Hall–Kier alpha value is -3.15. The van der Waals surface area contributed by atoms with Gasteiger partial charge in [-0.05, 0) is 44.0 Å². The molecule has 1 aromatic heterocycles. The summed E-state index contributed by atoms with van der Waals surface area (Å²) in [4.78, 5) is 23.4. The summed E-state index contributed by atoms with van der Waals surface area (Å²) in [6.07, 6.45) is 3.32. The Labute approximate surface area is 168 Å². The molecular formula is C23H21F2N3O. The van der Waals surface area contributed by atoms with Crippen LogP contribution in [0.2, 0.25) is 0 Å². The molecule has 0 saturated carbocycles. The molecule has 2 heterocycles. The van der Waals surface area contributed by atoms with Crippen LogP contribution < -0.4 is 0 Å². The van der Waals surface area contributed by atoms with E-state index in [2.05, 4.69) is 4.98 Å². The molecule has 0 aliphatic carbocycles. The Morgan fingerprint density at radius 3 is 2.62 bits per heavy atom. The highest BCUT2D eigenvalue weighted by Crippen LogP contribution is 2.28. The zero-order chi connectivity index (χ0) is 20.4. The van der Waals surface area contributed by atoms with Gasteiger partial charge in [0.05, 0.1) is 0 Å². The van der Waals surface area contributed by atoms with E-state index >= 15 is 0 Å². The van der Waals surface area contributed by atoms with Crippen LogP contribution in [0, 0.1) is 18.6 Å². The van der Waals surface area contributed by atoms with E-state index in [9.17, 15) is 13.6 Å². The van der Waals surface area contributed by atoms with Crippen LogP contribution in [-0.2, 0) is 0 Å². The van der Waals surface area contributed by atoms with Gasteiger partial charge < -0.3 is 4.90 Å². The fourth-order valence-electron chi connectivity index (χ4n) is 3.79. The van der Waals surface area contributed by atoms with Crippen molar-refractivity contribution in [3.63, 3.8) is 0 Å². The highest BCUT2D eigenvalue weighted by Gasteiger charge is 2.29. The van der Waals surface area contributed by atoms with E-state index in [-0.39, 0.29) is 5.92 Å². The van der Waals surface area contributed by atoms with Gasteiger partial charge in [0.2, 0.25) is 0 Å². The van der Waals surface area contributed by atoms with Crippen LogP contribution in [0.3, 0.4) is 0 Å². The molecule has 1 unspecified atom stereocenters. The fraction of sp³-hybridized carbons (Fsp3) is 0.261. The Bertz CT molecular complexity index is 1030. The van der Waals surface area contributed by atoms with Gasteiger partial charge in [-0.1, -0.05) is 29.8 Å². The first-order valence-electron chi connectivity index (χ1n) is 9.66. The molecule has 29 heavy (non-hydrogen) atoms. The van der Waals surface area contributed by atoms with E-state index in [0.717, 1.165) is 41.8 Å². The third-order valence-electron chi connectivity index (χ3n) is 5.26. The number of aromatic nitrogens is 2. The number of halogens is 2. The van der Waals surface area contributed by atoms with Crippen molar-refractivity contribution in [1.29, 1.82) is 0 Å². The van der Waals surface area contributed by atoms with Crippen molar-refractivity contribution in [2.24, 2.45) is 0 Å². The van der Waals surface area contributed by atoms with Gasteiger partial charge in [0.1, 0.15) is 17.2 Å². The van der Waals surface area contributed by atoms with Crippen molar-refractivity contribution in [3.05, 3.63) is 83.2 Å². The lowest BCUT2D eigenvalue weighted by molar-refractivity contribution is 0.0696. The molecule has 0 radical (unpaired) electrons. The lowest BCUT2D eigenvalue weighted by Crippen LogP contribution is -2.40. The average Bonchev–Trinajstić information content (AvgIpc) is 2.74. The van der Waals surface area contributed by atoms with Gasteiger partial charge in [-0.3, -0.25) is 4.79 Å². The molecule has 1 fully saturated rings. The largest absolute Gasteiger partial charge is 0.338 e. The molecule has 0 bridgehead atoms. The number of piperidine rings is 1. The smallest absolute Gasteiger partial charge is 0.259 e. The van der Waals surface area contributed by atoms with E-state index in [1.54, 1.807) is 6.20 Å². The monoisotopic (exact) mass is 393 g/mol. The lowest BCUT2D eigenvalue weighted by Gasteiger charge is -2.32. The molecule has 148 valence electrons. The number of rotatable bonds is 3. The highest BCUT2D eigenvalue weighted by molar-refractivity contribution is 5.94. The minimum atomic E-state index is -0.833. The average molecular weight is 393 g/mol. The molecule has 0 N–H and O–H groups in total. The van der Waals surface area contributed by atoms with Crippen molar-refractivity contribution in [2.45, 2.75) is 25.7 Å². The Morgan fingerprint density at radius 2 is 1.86 bits per heavy atom. The Morgan fingerprint density at radius 1 is 1.10 bits per heavy atom. The number of hydrogen-bond donors (Lipinski definition) is 0. The maximum Gasteiger partial charge on any atom is 0.259 e. The van der Waals surface area contributed by atoms with Crippen LogP contribution in [0.15, 0.2) is 54.7 Å². The highest BCUT2D eigenvalue weighted by atomic mass is 19.1. The summed E-state index contributed by atoms with van der Waals surface area (Å²) in [5.74, 6) is -1.65. The third-order valence-corrected chi connectivity index (χ3v) is 5.26. The molecule has 1 atom stereocenters. The van der Waals surface area contributed by atoms with Gasteiger partial charge >= 0.3 is 0 Å². The number of aryl methyl sites for hydroxylation is 1. The molecule has 1 aliphatic heterocycles. The quantitative estimate of drug-likeness (QED) is 0.645. The molecule has 3 aromatic rings. The minimum absolute atomic E-state index is 0.00547. The molecule has 4 rings (SSSR count). The van der Waals surface area contributed by atoms with Gasteiger partial charge in [-0.25, -0.2) is 18.7 Å². The van der Waals surface area contributed by atoms with Crippen LogP contribution in [0.5, 0.6) is 0 Å². The van der Waals surface area contributed by atoms with Crippen molar-refractivity contribution in [1.82, 2.24) is 14.9 Å². The molecule has 1 saturated heterocycles. The maximum atomic E-state index is 14.0. The molecule has 1 amide bonds. The summed E-state index contributed by atoms with van der Waals surface area (Å²) >= 11 is 0. The van der Waals surface area contributed by atoms with Gasteiger partial charge in [0, 0.05) is 36.5 Å². The topological polar surface area (TPSA) is 46.1 Å². The maximum absolute atomic E-state index is 14.0. The first-order chi connectivity index (χ1) is 14.0. The predicted molar refractivity (Wildman–Crippen MR) is 106 cm³/mol. The zero-order valence-electron chi connectivity index (χ0n) is 16.1. The predicted octanol–water partition coefficient (Wildman–Crippen LogP) is 4.75. The second-order valence-corrected chi connectivity index (χ2v) is 7.36. The van der Waals surface area contributed by atoms with E-state index in [0.29, 0.717) is 18.9 Å². The molecule has 1 aliphatic rings. The second kappa shape index (κ2) is 8.07. The molecule has 4 nitrogen and oxygen atoms in total. The lowest BCUT2D eigenvalue weighted by atomic mass is 9.93. The van der Waals surface area contributed by atoms with Gasteiger partial charge in [-0.15, -0.1) is 0 Å². The van der Waals surface area contributed by atoms with E-state index in [4.69, 9.17) is 4.98 Å². The first-order valence-corrected chi connectivity index (χ1v) is 9.66. The number of carbonyl (C=O) groups is 1. The SMILES string of the molecule is Cc1cccc(-c2nccc(C3CCCN(C(=O)c4c(F)cccc4F)C3)n2)c1. The zero-order valence-corrected chi connectivity index (χ0v) is 16.1. The summed E-state index contributed by atoms with van der Waals surface area (Å²) < 4.78 is 28.1. The first kappa shape index (κ1) is 19.2. The van der Waals surface area contributed by atoms with Gasteiger partial charge in [0.15, 0.2) is 5.82 Å². The molecule has 2 aromatic carbocycles. The van der Waals surface area contributed by atoms with E-state index < -0.39 is 23.1 Å². The second-order valence-electron chi connectivity index (χ2n) is 7.36. The summed E-state index contributed by atoms with van der Waals surface area (Å²) in [5.41, 5.74) is 2.40. The van der Waals surface area contributed by atoms with Gasteiger partial charge in [0.25, 0.3) is 5.91 Å². The van der Waals surface area contributed by atoms with Crippen molar-refractivity contribution < 1.29 is 13.6 Å². The number of amides is 1. The fourth-order valence-corrected chi connectivity index (χ4v) is 3.79. The van der Waals surface area contributed by atoms with Gasteiger partial charge in [-0.2, -0.15) is 0 Å². The number of hydrogen-bond acceptors (Lipinski definition) is 3.